The Labute approximate surface area is 188 Å². The van der Waals surface area contributed by atoms with Crippen molar-refractivity contribution < 1.29 is 48.0 Å². The highest BCUT2D eigenvalue weighted by Gasteiger charge is 2.62. The highest BCUT2D eigenvalue weighted by Crippen LogP contribution is 2.39. The third-order valence-corrected chi connectivity index (χ3v) is 5.13. The van der Waals surface area contributed by atoms with E-state index in [1.807, 2.05) is 0 Å². The molecule has 0 aliphatic carbocycles. The van der Waals surface area contributed by atoms with Gasteiger partial charge < -0.3 is 28.8 Å². The summed E-state index contributed by atoms with van der Waals surface area (Å²) < 4.78 is 25.3. The molecule has 0 unspecified atom stereocenters. The van der Waals surface area contributed by atoms with E-state index >= 15 is 0 Å². The van der Waals surface area contributed by atoms with Gasteiger partial charge in [0.1, 0.15) is 12.2 Å². The van der Waals surface area contributed by atoms with E-state index in [0.717, 1.165) is 47.0 Å². The lowest BCUT2D eigenvalue weighted by Gasteiger charge is -2.33. The van der Waals surface area contributed by atoms with Crippen LogP contribution in [0.15, 0.2) is 11.6 Å². The number of carbonyl (C=O) groups excluding carboxylic acids is 4. The van der Waals surface area contributed by atoms with Gasteiger partial charge in [-0.1, -0.05) is 32.6 Å². The van der Waals surface area contributed by atoms with Gasteiger partial charge in [0.15, 0.2) is 11.6 Å². The molecule has 0 aromatic heterocycles. The summed E-state index contributed by atoms with van der Waals surface area (Å²) in [6.07, 6.45) is 2.15. The normalized spacial score (nSPS) is 22.0. The predicted octanol–water partition coefficient (Wildman–Crippen LogP) is 1.61. The first kappa shape index (κ1) is 27.7. The van der Waals surface area contributed by atoms with Crippen LogP contribution in [0.3, 0.4) is 0 Å². The molecule has 0 saturated carbocycles. The Hall–Kier alpha value is -2.30. The zero-order valence-corrected chi connectivity index (χ0v) is 19.6. The highest BCUT2D eigenvalue weighted by molar-refractivity contribution is 6.05. The van der Waals surface area contributed by atoms with E-state index in [1.165, 1.54) is 13.8 Å². The van der Waals surface area contributed by atoms with E-state index in [0.29, 0.717) is 12.5 Å². The summed E-state index contributed by atoms with van der Waals surface area (Å²) in [4.78, 5) is 50.0. The lowest BCUT2D eigenvalue weighted by molar-refractivity contribution is -0.187. The monoisotopic (exact) mass is 458 g/mol. The minimum absolute atomic E-state index is 0.121. The summed E-state index contributed by atoms with van der Waals surface area (Å²) in [5.41, 5.74) is -3.68. The van der Waals surface area contributed by atoms with Gasteiger partial charge in [0.2, 0.25) is 5.60 Å². The van der Waals surface area contributed by atoms with Gasteiger partial charge in [-0.15, -0.1) is 0 Å². The molecular formula is C22H34O10. The molecule has 1 N–H and O–H groups in total. The molecule has 10 nitrogen and oxygen atoms in total. The summed E-state index contributed by atoms with van der Waals surface area (Å²) in [6.45, 7) is 5.07. The van der Waals surface area contributed by atoms with Gasteiger partial charge in [-0.3, -0.25) is 4.79 Å². The van der Waals surface area contributed by atoms with Crippen molar-refractivity contribution in [3.63, 3.8) is 0 Å². The van der Waals surface area contributed by atoms with Crippen molar-refractivity contribution in [1.82, 2.24) is 0 Å². The van der Waals surface area contributed by atoms with Gasteiger partial charge in [-0.25, -0.2) is 14.4 Å². The van der Waals surface area contributed by atoms with Crippen molar-refractivity contribution in [3.8, 4) is 0 Å². The number of hydrogen-bond donors (Lipinski definition) is 1. The van der Waals surface area contributed by atoms with Crippen LogP contribution in [0.1, 0.15) is 59.3 Å². The standard InChI is InChI=1S/C22H34O10/c1-7-8-9-10-11-12-15(23)17-18(32-21(2,3)31-17)22(27,20(26)30-6)14(19(25)29-5)13-16(24)28-4/h13,17-18,27H,7-12H2,1-6H3/t17-,18+,22+/m0/s1. The Balaban J connectivity index is 3.40. The molecule has 1 aliphatic rings. The maximum atomic E-state index is 13.0. The zero-order chi connectivity index (χ0) is 24.5. The van der Waals surface area contributed by atoms with Crippen LogP contribution in [0.25, 0.3) is 0 Å². The van der Waals surface area contributed by atoms with Crippen LogP contribution in [0.5, 0.6) is 0 Å². The summed E-state index contributed by atoms with van der Waals surface area (Å²) in [5.74, 6) is -5.36. The molecule has 10 heteroatoms. The maximum absolute atomic E-state index is 13.0. The Kier molecular flexibility index (Phi) is 10.5. The first-order valence-corrected chi connectivity index (χ1v) is 10.6. The molecule has 1 heterocycles. The van der Waals surface area contributed by atoms with Crippen molar-refractivity contribution in [2.45, 2.75) is 82.9 Å². The summed E-state index contributed by atoms with van der Waals surface area (Å²) in [5, 5.41) is 11.5. The zero-order valence-electron chi connectivity index (χ0n) is 19.6. The van der Waals surface area contributed by atoms with Crippen LogP contribution < -0.4 is 0 Å². The molecule has 0 spiro atoms. The second-order valence-corrected chi connectivity index (χ2v) is 7.94. The number of ether oxygens (including phenoxy) is 5. The average molecular weight is 459 g/mol. The number of aliphatic hydroxyl groups is 1. The van der Waals surface area contributed by atoms with E-state index in [-0.39, 0.29) is 6.42 Å². The van der Waals surface area contributed by atoms with E-state index in [1.54, 1.807) is 0 Å². The fraction of sp³-hybridized carbons (Fsp3) is 0.727. The number of methoxy groups -OCH3 is 3. The quantitative estimate of drug-likeness (QED) is 0.199. The molecule has 1 fully saturated rings. The van der Waals surface area contributed by atoms with Crippen molar-refractivity contribution in [2.24, 2.45) is 0 Å². The second-order valence-electron chi connectivity index (χ2n) is 7.94. The van der Waals surface area contributed by atoms with Crippen LogP contribution in [0.4, 0.5) is 0 Å². The minimum atomic E-state index is -2.88. The smallest absolute Gasteiger partial charge is 0.345 e. The SMILES string of the molecule is CCCCCCCC(=O)[C@@H]1OC(C)(C)O[C@H]1[C@@](O)(C(=O)OC)C(=CC(=O)OC)C(=O)OC. The molecule has 1 aliphatic heterocycles. The van der Waals surface area contributed by atoms with E-state index in [9.17, 15) is 24.3 Å². The highest BCUT2D eigenvalue weighted by atomic mass is 16.8. The number of esters is 3. The van der Waals surface area contributed by atoms with Crippen LogP contribution >= 0.6 is 0 Å². The molecule has 0 amide bonds. The molecule has 1 saturated heterocycles. The van der Waals surface area contributed by atoms with Crippen LogP contribution in [0.2, 0.25) is 0 Å². The van der Waals surface area contributed by atoms with Gasteiger partial charge in [0, 0.05) is 12.5 Å². The third-order valence-electron chi connectivity index (χ3n) is 5.13. The first-order chi connectivity index (χ1) is 15.0. The van der Waals surface area contributed by atoms with Gasteiger partial charge in [0.05, 0.1) is 26.9 Å². The first-order valence-electron chi connectivity index (χ1n) is 10.6. The third kappa shape index (κ3) is 6.60. The Morgan fingerprint density at radius 3 is 2.12 bits per heavy atom. The van der Waals surface area contributed by atoms with E-state index in [4.69, 9.17) is 14.2 Å². The molecule has 0 bridgehead atoms. The molecule has 0 aromatic rings. The van der Waals surface area contributed by atoms with Gasteiger partial charge >= 0.3 is 17.9 Å². The van der Waals surface area contributed by atoms with Crippen molar-refractivity contribution >= 4 is 23.7 Å². The van der Waals surface area contributed by atoms with Gasteiger partial charge in [-0.05, 0) is 20.3 Å². The molecular weight excluding hydrogens is 424 g/mol. The summed E-state index contributed by atoms with van der Waals surface area (Å²) in [7, 11) is 3.03. The maximum Gasteiger partial charge on any atom is 0.345 e. The summed E-state index contributed by atoms with van der Waals surface area (Å²) >= 11 is 0. The number of hydrogen-bond acceptors (Lipinski definition) is 10. The number of unbranched alkanes of at least 4 members (excludes halogenated alkanes) is 4. The Morgan fingerprint density at radius 1 is 0.969 bits per heavy atom. The largest absolute Gasteiger partial charge is 0.467 e. The number of carbonyl (C=O) groups is 4. The fourth-order valence-electron chi connectivity index (χ4n) is 3.49. The molecule has 0 aromatic carbocycles. The molecule has 0 radical (unpaired) electrons. The molecule has 3 atom stereocenters. The van der Waals surface area contributed by atoms with E-state index in [2.05, 4.69) is 16.4 Å². The number of rotatable bonds is 12. The van der Waals surface area contributed by atoms with Crippen molar-refractivity contribution in [3.05, 3.63) is 11.6 Å². The van der Waals surface area contributed by atoms with Gasteiger partial charge in [-0.2, -0.15) is 0 Å². The summed E-state index contributed by atoms with van der Waals surface area (Å²) in [6, 6.07) is 0. The Bertz CT molecular complexity index is 726. The van der Waals surface area contributed by atoms with E-state index < -0.39 is 52.9 Å². The lowest BCUT2D eigenvalue weighted by Crippen LogP contribution is -2.59. The molecule has 1 rings (SSSR count). The van der Waals surface area contributed by atoms with Gasteiger partial charge in [0.25, 0.3) is 0 Å². The average Bonchev–Trinajstić information content (AvgIpc) is 3.11. The van der Waals surface area contributed by atoms with Crippen molar-refractivity contribution in [1.29, 1.82) is 0 Å². The topological polar surface area (TPSA) is 135 Å². The predicted molar refractivity (Wildman–Crippen MR) is 111 cm³/mol. The fourth-order valence-corrected chi connectivity index (χ4v) is 3.49. The lowest BCUT2D eigenvalue weighted by atomic mass is 9.82. The van der Waals surface area contributed by atoms with Crippen molar-refractivity contribution in [2.75, 3.05) is 21.3 Å². The van der Waals surface area contributed by atoms with Crippen LogP contribution in [-0.2, 0) is 42.9 Å². The second kappa shape index (κ2) is 12.1. The van der Waals surface area contributed by atoms with Crippen LogP contribution in [0, 0.1) is 0 Å². The molecule has 182 valence electrons. The number of ketones is 1. The number of Topliss-reactive ketones (excluding diaryl/α,β-unsaturated/α-hetero) is 1. The van der Waals surface area contributed by atoms with Crippen LogP contribution in [-0.4, -0.2) is 73.7 Å². The molecule has 32 heavy (non-hydrogen) atoms. The Morgan fingerprint density at radius 2 is 1.59 bits per heavy atom. The minimum Gasteiger partial charge on any atom is -0.467 e.